The first-order valence-corrected chi connectivity index (χ1v) is 12.8. The highest BCUT2D eigenvalue weighted by molar-refractivity contribution is 7.98. The van der Waals surface area contributed by atoms with Gasteiger partial charge in [-0.2, -0.15) is 0 Å². The summed E-state index contributed by atoms with van der Waals surface area (Å²) in [5, 5.41) is 0.631. The molecule has 8 heteroatoms. The van der Waals surface area contributed by atoms with Crippen LogP contribution in [0.4, 0.5) is 0 Å². The number of ether oxygens (including phenoxy) is 1. The van der Waals surface area contributed by atoms with E-state index < -0.39 is 12.0 Å². The van der Waals surface area contributed by atoms with Crippen molar-refractivity contribution >= 4 is 46.7 Å². The zero-order valence-corrected chi connectivity index (χ0v) is 21.1. The summed E-state index contributed by atoms with van der Waals surface area (Å²) in [6.07, 6.45) is 3.54. The number of allylic oxidation sites excluding steroid dienone is 1. The van der Waals surface area contributed by atoms with Gasteiger partial charge in [-0.05, 0) is 68.5 Å². The molecule has 1 atom stereocenters. The van der Waals surface area contributed by atoms with Crippen LogP contribution in [0.5, 0.6) is 0 Å². The van der Waals surface area contributed by atoms with Crippen molar-refractivity contribution in [2.45, 2.75) is 37.8 Å². The minimum atomic E-state index is -0.615. The largest absolute Gasteiger partial charge is 0.459 e. The fraction of sp³-hybridized carbons (Fsp3) is 0.240. The third-order valence-electron chi connectivity index (χ3n) is 5.18. The molecule has 0 fully saturated rings. The zero-order chi connectivity index (χ0) is 23.7. The van der Waals surface area contributed by atoms with E-state index in [1.807, 2.05) is 48.7 Å². The van der Waals surface area contributed by atoms with Crippen LogP contribution in [0.3, 0.4) is 0 Å². The Hall–Kier alpha value is -2.61. The van der Waals surface area contributed by atoms with Crippen LogP contribution in [0, 0.1) is 0 Å². The summed E-state index contributed by atoms with van der Waals surface area (Å²) in [4.78, 5) is 32.9. The average Bonchev–Trinajstić information content (AvgIpc) is 3.08. The van der Waals surface area contributed by atoms with Crippen LogP contribution < -0.4 is 14.9 Å². The van der Waals surface area contributed by atoms with Gasteiger partial charge in [-0.1, -0.05) is 47.2 Å². The first-order chi connectivity index (χ1) is 15.8. The third-order valence-corrected chi connectivity index (χ3v) is 7.16. The highest BCUT2D eigenvalue weighted by Crippen LogP contribution is 2.32. The quantitative estimate of drug-likeness (QED) is 0.382. The molecule has 0 spiro atoms. The summed E-state index contributed by atoms with van der Waals surface area (Å²) in [5.41, 5.74) is 2.43. The van der Waals surface area contributed by atoms with E-state index in [4.69, 9.17) is 16.3 Å². The monoisotopic (exact) mass is 498 g/mol. The summed E-state index contributed by atoms with van der Waals surface area (Å²) in [6, 6.07) is 14.5. The number of hydrogen-bond acceptors (Lipinski definition) is 6. The van der Waals surface area contributed by atoms with Crippen molar-refractivity contribution in [3.63, 3.8) is 0 Å². The highest BCUT2D eigenvalue weighted by atomic mass is 35.5. The standard InChI is InChI=1S/C25H23ClN2O3S2/c1-14(2)31-24(30)21-15(3)27-25-28(22(21)17-7-11-19(32-4)12-8-17)23(29)20(33-25)13-16-5-9-18(26)10-6-16/h5-14,22H,1-4H3/b20-13-/t22-/m1/s1. The molecular formula is C25H23ClN2O3S2. The SMILES string of the molecule is CSc1ccc([C@@H]2C(C(=O)OC(C)C)=C(C)N=c3s/c(=C\c4ccc(Cl)cc4)c(=O)n32)cc1. The number of rotatable bonds is 5. The summed E-state index contributed by atoms with van der Waals surface area (Å²) in [7, 11) is 0. The van der Waals surface area contributed by atoms with Crippen molar-refractivity contribution in [3.8, 4) is 0 Å². The molecule has 3 aromatic rings. The van der Waals surface area contributed by atoms with Crippen molar-refractivity contribution < 1.29 is 9.53 Å². The third kappa shape index (κ3) is 4.86. The molecule has 0 saturated heterocycles. The van der Waals surface area contributed by atoms with E-state index in [-0.39, 0.29) is 11.7 Å². The first-order valence-electron chi connectivity index (χ1n) is 10.4. The molecule has 2 aromatic carbocycles. The summed E-state index contributed by atoms with van der Waals surface area (Å²) >= 11 is 8.93. The van der Waals surface area contributed by atoms with Gasteiger partial charge in [0.1, 0.15) is 0 Å². The second-order valence-electron chi connectivity index (χ2n) is 7.86. The zero-order valence-electron chi connectivity index (χ0n) is 18.7. The summed E-state index contributed by atoms with van der Waals surface area (Å²) < 4.78 is 7.67. The molecule has 0 aliphatic carbocycles. The molecule has 0 saturated carbocycles. The lowest BCUT2D eigenvalue weighted by molar-refractivity contribution is -0.143. The molecule has 1 aliphatic rings. The Labute approximate surface area is 205 Å². The molecule has 0 radical (unpaired) electrons. The van der Waals surface area contributed by atoms with Crippen LogP contribution in [-0.4, -0.2) is 22.9 Å². The number of fused-ring (bicyclic) bond motifs is 1. The molecule has 2 heterocycles. The van der Waals surface area contributed by atoms with Crippen LogP contribution in [0.25, 0.3) is 6.08 Å². The Balaban J connectivity index is 1.92. The van der Waals surface area contributed by atoms with Gasteiger partial charge in [-0.25, -0.2) is 9.79 Å². The van der Waals surface area contributed by atoms with Crippen LogP contribution in [0.15, 0.2) is 74.5 Å². The van der Waals surface area contributed by atoms with Crippen LogP contribution in [0.2, 0.25) is 5.02 Å². The lowest BCUT2D eigenvalue weighted by Crippen LogP contribution is -2.40. The van der Waals surface area contributed by atoms with Crippen LogP contribution >= 0.6 is 34.7 Å². The minimum absolute atomic E-state index is 0.199. The van der Waals surface area contributed by atoms with Gasteiger partial charge in [-0.15, -0.1) is 11.8 Å². The number of hydrogen-bond donors (Lipinski definition) is 0. The Bertz CT molecular complexity index is 1400. The van der Waals surface area contributed by atoms with E-state index in [2.05, 4.69) is 4.99 Å². The number of nitrogens with zero attached hydrogens (tertiary/aromatic N) is 2. The highest BCUT2D eigenvalue weighted by Gasteiger charge is 2.33. The number of thioether (sulfide) groups is 1. The van der Waals surface area contributed by atoms with Gasteiger partial charge in [0.05, 0.1) is 27.9 Å². The summed E-state index contributed by atoms with van der Waals surface area (Å²) in [6.45, 7) is 5.39. The molecule has 1 aromatic heterocycles. The molecule has 4 rings (SSSR count). The van der Waals surface area contributed by atoms with Crippen molar-refractivity contribution in [3.05, 3.63) is 95.6 Å². The van der Waals surface area contributed by atoms with E-state index in [1.165, 1.54) is 11.3 Å². The Morgan fingerprint density at radius 1 is 1.18 bits per heavy atom. The molecule has 0 amide bonds. The Kier molecular flexibility index (Phi) is 6.93. The van der Waals surface area contributed by atoms with E-state index in [9.17, 15) is 9.59 Å². The maximum Gasteiger partial charge on any atom is 0.338 e. The minimum Gasteiger partial charge on any atom is -0.459 e. The lowest BCUT2D eigenvalue weighted by atomic mass is 9.96. The maximum atomic E-state index is 13.6. The van der Waals surface area contributed by atoms with E-state index in [1.54, 1.807) is 49.2 Å². The molecule has 0 bridgehead atoms. The van der Waals surface area contributed by atoms with E-state index in [0.717, 1.165) is 16.0 Å². The first kappa shape index (κ1) is 23.5. The number of thiazole rings is 1. The molecule has 170 valence electrons. The van der Waals surface area contributed by atoms with Gasteiger partial charge in [-0.3, -0.25) is 9.36 Å². The van der Waals surface area contributed by atoms with Gasteiger partial charge in [0.2, 0.25) is 0 Å². The van der Waals surface area contributed by atoms with E-state index in [0.29, 0.717) is 25.6 Å². The lowest BCUT2D eigenvalue weighted by Gasteiger charge is -2.25. The van der Waals surface area contributed by atoms with Gasteiger partial charge >= 0.3 is 5.97 Å². The number of esters is 1. The Morgan fingerprint density at radius 2 is 1.85 bits per heavy atom. The van der Waals surface area contributed by atoms with Gasteiger partial charge in [0.25, 0.3) is 5.56 Å². The second-order valence-corrected chi connectivity index (χ2v) is 10.2. The van der Waals surface area contributed by atoms with Crippen LogP contribution in [-0.2, 0) is 9.53 Å². The molecule has 0 N–H and O–H groups in total. The number of halogens is 1. The number of carbonyl (C=O) groups is 1. The molecular weight excluding hydrogens is 476 g/mol. The van der Waals surface area contributed by atoms with Gasteiger partial charge in [0.15, 0.2) is 4.80 Å². The van der Waals surface area contributed by atoms with Crippen molar-refractivity contribution in [2.75, 3.05) is 6.26 Å². The summed E-state index contributed by atoms with van der Waals surface area (Å²) in [5.74, 6) is -0.461. The van der Waals surface area contributed by atoms with Crippen LogP contribution in [0.1, 0.15) is 37.9 Å². The number of benzene rings is 2. The molecule has 1 aliphatic heterocycles. The maximum absolute atomic E-state index is 13.6. The molecule has 33 heavy (non-hydrogen) atoms. The predicted molar refractivity (Wildman–Crippen MR) is 135 cm³/mol. The van der Waals surface area contributed by atoms with Crippen molar-refractivity contribution in [2.24, 2.45) is 4.99 Å². The second kappa shape index (κ2) is 9.71. The average molecular weight is 499 g/mol. The normalized spacial score (nSPS) is 16.1. The number of aromatic nitrogens is 1. The topological polar surface area (TPSA) is 60.7 Å². The fourth-order valence-electron chi connectivity index (χ4n) is 3.67. The Morgan fingerprint density at radius 3 is 2.45 bits per heavy atom. The van der Waals surface area contributed by atoms with Crippen molar-refractivity contribution in [1.82, 2.24) is 4.57 Å². The smallest absolute Gasteiger partial charge is 0.338 e. The predicted octanol–water partition coefficient (Wildman–Crippen LogP) is 4.56. The van der Waals surface area contributed by atoms with Crippen molar-refractivity contribution in [1.29, 1.82) is 0 Å². The number of carbonyl (C=O) groups excluding carboxylic acids is 1. The van der Waals surface area contributed by atoms with E-state index >= 15 is 0 Å². The molecule has 0 unspecified atom stereocenters. The van der Waals surface area contributed by atoms with Gasteiger partial charge in [0, 0.05) is 9.92 Å². The molecule has 5 nitrogen and oxygen atoms in total. The fourth-order valence-corrected chi connectivity index (χ4v) is 5.25. The van der Waals surface area contributed by atoms with Gasteiger partial charge < -0.3 is 4.74 Å².